The van der Waals surface area contributed by atoms with Crippen LogP contribution >= 0.6 is 11.8 Å². The quantitative estimate of drug-likeness (QED) is 0.793. The van der Waals surface area contributed by atoms with Gasteiger partial charge in [-0.1, -0.05) is 30.3 Å². The molecule has 0 N–H and O–H groups in total. The van der Waals surface area contributed by atoms with E-state index in [1.165, 1.54) is 12.5 Å². The number of allylic oxidation sites excluding steroid dienone is 1. The zero-order valence-corrected chi connectivity index (χ0v) is 11.6. The van der Waals surface area contributed by atoms with Crippen LogP contribution in [-0.2, 0) is 20.1 Å². The van der Waals surface area contributed by atoms with Gasteiger partial charge in [0.1, 0.15) is 6.10 Å². The Hall–Kier alpha value is -1.55. The number of carbonyl (C=O) groups excluding carboxylic acids is 2. The van der Waals surface area contributed by atoms with Gasteiger partial charge in [-0.25, -0.2) is 0 Å². The molecule has 0 aliphatic heterocycles. The van der Waals surface area contributed by atoms with Crippen LogP contribution in [0, 0.1) is 0 Å². The van der Waals surface area contributed by atoms with E-state index >= 15 is 0 Å². The van der Waals surface area contributed by atoms with Crippen LogP contribution in [0.25, 0.3) is 0 Å². The first-order valence-electron chi connectivity index (χ1n) is 6.23. The van der Waals surface area contributed by atoms with Gasteiger partial charge in [-0.15, -0.1) is 11.8 Å². The molecular formula is C15H16O3S. The van der Waals surface area contributed by atoms with E-state index in [0.29, 0.717) is 12.8 Å². The molecule has 19 heavy (non-hydrogen) atoms. The maximum Gasteiger partial charge on any atom is 0.303 e. The van der Waals surface area contributed by atoms with Crippen molar-refractivity contribution in [2.45, 2.75) is 31.6 Å². The molecule has 0 saturated heterocycles. The molecule has 0 heterocycles. The minimum atomic E-state index is -0.300. The lowest BCUT2D eigenvalue weighted by molar-refractivity contribution is -0.145. The monoisotopic (exact) mass is 276 g/mol. The standard InChI is InChI=1S/C15H16O3S/c1-11(16)18-14-8-7-13(17)9-15(14)19-10-12-5-3-2-4-6-12/h2-6,9,14H,7-8,10H2,1H3/t14-/m1/s1. The largest absolute Gasteiger partial charge is 0.457 e. The van der Waals surface area contributed by atoms with Gasteiger partial charge < -0.3 is 4.74 Å². The third-order valence-corrected chi connectivity index (χ3v) is 4.02. The zero-order chi connectivity index (χ0) is 13.7. The molecule has 4 heteroatoms. The number of ketones is 1. The summed E-state index contributed by atoms with van der Waals surface area (Å²) in [5, 5.41) is 0. The fourth-order valence-corrected chi connectivity index (χ4v) is 3.02. The summed E-state index contributed by atoms with van der Waals surface area (Å²) in [6.07, 6.45) is 2.40. The Balaban J connectivity index is 2.02. The fourth-order valence-electron chi connectivity index (χ4n) is 1.93. The second-order valence-electron chi connectivity index (χ2n) is 4.42. The van der Waals surface area contributed by atoms with Gasteiger partial charge in [-0.05, 0) is 18.1 Å². The second kappa shape index (κ2) is 6.57. The first kappa shape index (κ1) is 13.9. The normalized spacial score (nSPS) is 18.9. The van der Waals surface area contributed by atoms with Crippen molar-refractivity contribution in [1.29, 1.82) is 0 Å². The van der Waals surface area contributed by atoms with Gasteiger partial charge in [-0.3, -0.25) is 9.59 Å². The topological polar surface area (TPSA) is 43.4 Å². The summed E-state index contributed by atoms with van der Waals surface area (Å²) in [5.41, 5.74) is 1.19. The van der Waals surface area contributed by atoms with Crippen LogP contribution < -0.4 is 0 Å². The molecule has 0 unspecified atom stereocenters. The summed E-state index contributed by atoms with van der Waals surface area (Å²) in [6, 6.07) is 10.0. The SMILES string of the molecule is CC(=O)O[C@@H]1CCC(=O)C=C1SCc1ccccc1. The van der Waals surface area contributed by atoms with Gasteiger partial charge in [0, 0.05) is 24.0 Å². The van der Waals surface area contributed by atoms with E-state index in [0.717, 1.165) is 10.7 Å². The third kappa shape index (κ3) is 4.24. The van der Waals surface area contributed by atoms with Crippen LogP contribution in [0.5, 0.6) is 0 Å². The summed E-state index contributed by atoms with van der Waals surface area (Å²) in [5.74, 6) is 0.585. The lowest BCUT2D eigenvalue weighted by atomic mass is 10.0. The minimum absolute atomic E-state index is 0.110. The van der Waals surface area contributed by atoms with Crippen LogP contribution in [0.3, 0.4) is 0 Å². The number of carbonyl (C=O) groups is 2. The Morgan fingerprint density at radius 2 is 2.11 bits per heavy atom. The number of hydrogen-bond donors (Lipinski definition) is 0. The van der Waals surface area contributed by atoms with Crippen molar-refractivity contribution in [2.24, 2.45) is 0 Å². The van der Waals surface area contributed by atoms with Crippen molar-refractivity contribution in [1.82, 2.24) is 0 Å². The predicted molar refractivity (Wildman–Crippen MR) is 75.6 cm³/mol. The molecule has 1 aromatic rings. The zero-order valence-electron chi connectivity index (χ0n) is 10.8. The summed E-state index contributed by atoms with van der Waals surface area (Å²) < 4.78 is 5.26. The number of rotatable bonds is 4. The van der Waals surface area contributed by atoms with Gasteiger partial charge in [0.15, 0.2) is 5.78 Å². The maximum atomic E-state index is 11.5. The van der Waals surface area contributed by atoms with Crippen LogP contribution in [0.4, 0.5) is 0 Å². The molecule has 0 amide bonds. The molecule has 1 atom stereocenters. The fraction of sp³-hybridized carbons (Fsp3) is 0.333. The Morgan fingerprint density at radius 1 is 1.37 bits per heavy atom. The molecule has 0 fully saturated rings. The third-order valence-electron chi connectivity index (χ3n) is 2.83. The van der Waals surface area contributed by atoms with Crippen LogP contribution in [0.2, 0.25) is 0 Å². The first-order chi connectivity index (χ1) is 9.15. The molecule has 1 aliphatic carbocycles. The minimum Gasteiger partial charge on any atom is -0.457 e. The highest BCUT2D eigenvalue weighted by atomic mass is 32.2. The van der Waals surface area contributed by atoms with E-state index in [1.807, 2.05) is 30.3 Å². The Labute approximate surface area is 117 Å². The van der Waals surface area contributed by atoms with E-state index in [1.54, 1.807) is 17.8 Å². The smallest absolute Gasteiger partial charge is 0.303 e. The van der Waals surface area contributed by atoms with Crippen molar-refractivity contribution in [2.75, 3.05) is 0 Å². The highest BCUT2D eigenvalue weighted by molar-refractivity contribution is 8.02. The van der Waals surface area contributed by atoms with Crippen LogP contribution in [0.15, 0.2) is 41.3 Å². The summed E-state index contributed by atoms with van der Waals surface area (Å²) >= 11 is 1.57. The number of esters is 1. The number of hydrogen-bond acceptors (Lipinski definition) is 4. The number of ether oxygens (including phenoxy) is 1. The van der Waals surface area contributed by atoms with E-state index < -0.39 is 0 Å². The maximum absolute atomic E-state index is 11.5. The number of thioether (sulfide) groups is 1. The van der Waals surface area contributed by atoms with Gasteiger partial charge in [0.25, 0.3) is 0 Å². The molecule has 0 aromatic heterocycles. The predicted octanol–water partition coefficient (Wildman–Crippen LogP) is 3.10. The molecular weight excluding hydrogens is 260 g/mol. The second-order valence-corrected chi connectivity index (χ2v) is 5.47. The molecule has 1 aliphatic rings. The van der Waals surface area contributed by atoms with Crippen molar-refractivity contribution in [3.8, 4) is 0 Å². The van der Waals surface area contributed by atoms with E-state index in [2.05, 4.69) is 0 Å². The van der Waals surface area contributed by atoms with Gasteiger partial charge >= 0.3 is 5.97 Å². The highest BCUT2D eigenvalue weighted by Gasteiger charge is 2.24. The molecule has 0 radical (unpaired) electrons. The average molecular weight is 276 g/mol. The summed E-state index contributed by atoms with van der Waals surface area (Å²) in [7, 11) is 0. The molecule has 1 aromatic carbocycles. The molecule has 100 valence electrons. The van der Waals surface area contributed by atoms with Crippen molar-refractivity contribution >= 4 is 23.5 Å². The lowest BCUT2D eigenvalue weighted by Gasteiger charge is -2.22. The van der Waals surface area contributed by atoms with E-state index in [4.69, 9.17) is 4.74 Å². The highest BCUT2D eigenvalue weighted by Crippen LogP contribution is 2.31. The molecule has 3 nitrogen and oxygen atoms in total. The Kier molecular flexibility index (Phi) is 4.80. The molecule has 0 saturated carbocycles. The van der Waals surface area contributed by atoms with E-state index in [9.17, 15) is 9.59 Å². The lowest BCUT2D eigenvalue weighted by Crippen LogP contribution is -2.23. The first-order valence-corrected chi connectivity index (χ1v) is 7.22. The summed E-state index contributed by atoms with van der Waals surface area (Å²) in [6.45, 7) is 1.40. The van der Waals surface area contributed by atoms with Crippen LogP contribution in [0.1, 0.15) is 25.3 Å². The molecule has 2 rings (SSSR count). The van der Waals surface area contributed by atoms with Crippen LogP contribution in [-0.4, -0.2) is 17.9 Å². The van der Waals surface area contributed by atoms with Gasteiger partial charge in [0.05, 0.1) is 0 Å². The summed E-state index contributed by atoms with van der Waals surface area (Å²) in [4.78, 5) is 23.4. The van der Waals surface area contributed by atoms with Gasteiger partial charge in [0.2, 0.25) is 0 Å². The van der Waals surface area contributed by atoms with Crippen molar-refractivity contribution in [3.05, 3.63) is 46.9 Å². The average Bonchev–Trinajstić information content (AvgIpc) is 2.40. The van der Waals surface area contributed by atoms with Gasteiger partial charge in [-0.2, -0.15) is 0 Å². The number of benzene rings is 1. The molecule has 0 bridgehead atoms. The van der Waals surface area contributed by atoms with Crippen molar-refractivity contribution < 1.29 is 14.3 Å². The molecule has 0 spiro atoms. The Bertz CT molecular complexity index is 493. The van der Waals surface area contributed by atoms with Crippen molar-refractivity contribution in [3.63, 3.8) is 0 Å². The Morgan fingerprint density at radius 3 is 2.79 bits per heavy atom. The van der Waals surface area contributed by atoms with E-state index in [-0.39, 0.29) is 17.9 Å².